The molecule has 124 valence electrons. The van der Waals surface area contributed by atoms with Crippen molar-refractivity contribution in [3.05, 3.63) is 44.5 Å². The van der Waals surface area contributed by atoms with Crippen LogP contribution in [0.25, 0.3) is 0 Å². The minimum absolute atomic E-state index is 0.112. The van der Waals surface area contributed by atoms with Crippen LogP contribution in [0.5, 0.6) is 0 Å². The Balaban J connectivity index is 1.96. The van der Waals surface area contributed by atoms with Crippen molar-refractivity contribution in [2.45, 2.75) is 31.0 Å². The second-order valence-electron chi connectivity index (χ2n) is 5.19. The number of aliphatic hydroxyl groups excluding tert-OH is 3. The molecule has 0 amide bonds. The smallest absolute Gasteiger partial charge is 0.330 e. The maximum absolute atomic E-state index is 12.0. The van der Waals surface area contributed by atoms with Crippen molar-refractivity contribution in [2.75, 3.05) is 6.61 Å². The van der Waals surface area contributed by atoms with E-state index in [9.17, 15) is 19.8 Å². The zero-order chi connectivity index (χ0) is 16.6. The number of nitrogens with one attached hydrogen (secondary N) is 2. The first kappa shape index (κ1) is 15.6. The van der Waals surface area contributed by atoms with Gasteiger partial charge in [0.25, 0.3) is 5.56 Å². The van der Waals surface area contributed by atoms with Crippen LogP contribution in [0.3, 0.4) is 0 Å². The molecule has 0 radical (unpaired) electrons. The molecule has 0 aromatic carbocycles. The summed E-state index contributed by atoms with van der Waals surface area (Å²) in [4.78, 5) is 26.0. The molecule has 11 nitrogen and oxygen atoms in total. The molecule has 3 rings (SSSR count). The van der Waals surface area contributed by atoms with Crippen LogP contribution in [-0.4, -0.2) is 65.2 Å². The number of aromatic amines is 2. The van der Waals surface area contributed by atoms with Crippen LogP contribution < -0.4 is 11.2 Å². The number of aliphatic hydroxyl groups is 3. The quantitative estimate of drug-likeness (QED) is 0.393. The number of rotatable bonds is 4. The van der Waals surface area contributed by atoms with Crippen molar-refractivity contribution in [2.24, 2.45) is 0 Å². The Labute approximate surface area is 128 Å². The van der Waals surface area contributed by atoms with Crippen molar-refractivity contribution >= 4 is 0 Å². The molecular weight excluding hydrogens is 310 g/mol. The van der Waals surface area contributed by atoms with Crippen molar-refractivity contribution in [3.8, 4) is 0 Å². The third kappa shape index (κ3) is 2.82. The van der Waals surface area contributed by atoms with Crippen LogP contribution in [0.15, 0.2) is 22.0 Å². The van der Waals surface area contributed by atoms with E-state index in [4.69, 9.17) is 9.84 Å². The number of hydrogen-bond acceptors (Lipinski definition) is 8. The van der Waals surface area contributed by atoms with E-state index in [0.29, 0.717) is 5.69 Å². The molecule has 0 bridgehead atoms. The minimum Gasteiger partial charge on any atom is -0.394 e. The van der Waals surface area contributed by atoms with E-state index in [2.05, 4.69) is 20.4 Å². The molecule has 1 fully saturated rings. The predicted octanol–water partition coefficient (Wildman–Crippen LogP) is -3.14. The van der Waals surface area contributed by atoms with Crippen molar-refractivity contribution < 1.29 is 20.1 Å². The van der Waals surface area contributed by atoms with Gasteiger partial charge in [0.2, 0.25) is 0 Å². The summed E-state index contributed by atoms with van der Waals surface area (Å²) >= 11 is 0. The predicted molar refractivity (Wildman–Crippen MR) is 73.5 cm³/mol. The average Bonchev–Trinajstić information content (AvgIpc) is 3.12. The summed E-state index contributed by atoms with van der Waals surface area (Å²) < 4.78 is 6.26. The highest BCUT2D eigenvalue weighted by atomic mass is 16.6. The first-order valence-electron chi connectivity index (χ1n) is 6.82. The molecule has 0 aliphatic carbocycles. The van der Waals surface area contributed by atoms with Crippen LogP contribution in [0, 0.1) is 0 Å². The van der Waals surface area contributed by atoms with E-state index in [-0.39, 0.29) is 12.0 Å². The van der Waals surface area contributed by atoms with Crippen molar-refractivity contribution in [1.82, 2.24) is 25.0 Å². The summed E-state index contributed by atoms with van der Waals surface area (Å²) in [6, 6.07) is 0. The monoisotopic (exact) mass is 325 g/mol. The summed E-state index contributed by atoms with van der Waals surface area (Å²) in [6.45, 7) is -0.515. The molecule has 2 aromatic heterocycles. The first-order valence-corrected chi connectivity index (χ1v) is 6.82. The average molecular weight is 325 g/mol. The summed E-state index contributed by atoms with van der Waals surface area (Å²) in [5.41, 5.74) is -0.701. The molecule has 1 saturated heterocycles. The van der Waals surface area contributed by atoms with Gasteiger partial charge in [-0.25, -0.2) is 4.79 Å². The Bertz CT molecular complexity index is 784. The Morgan fingerprint density at radius 2 is 2.09 bits per heavy atom. The molecule has 0 saturated carbocycles. The van der Waals surface area contributed by atoms with Gasteiger partial charge in [0.05, 0.1) is 18.5 Å². The normalized spacial score (nSPS) is 27.4. The summed E-state index contributed by atoms with van der Waals surface area (Å²) in [6.07, 6.45) is -2.23. The Morgan fingerprint density at radius 3 is 2.70 bits per heavy atom. The first-order chi connectivity index (χ1) is 11.0. The van der Waals surface area contributed by atoms with Crippen molar-refractivity contribution in [3.63, 3.8) is 0 Å². The lowest BCUT2D eigenvalue weighted by Gasteiger charge is -2.17. The van der Waals surface area contributed by atoms with Crippen LogP contribution >= 0.6 is 0 Å². The third-order valence-electron chi connectivity index (χ3n) is 3.67. The SMILES string of the molecule is O=c1[nH]c(=O)n([C@@H]2O[C@H](CO)C(O)[C@@H]2O)cc1Cc1cn[nH]n1. The highest BCUT2D eigenvalue weighted by Gasteiger charge is 2.43. The number of nitrogens with zero attached hydrogens (tertiary/aromatic N) is 3. The van der Waals surface area contributed by atoms with Gasteiger partial charge in [-0.05, 0) is 0 Å². The van der Waals surface area contributed by atoms with Crippen LogP contribution in [-0.2, 0) is 11.2 Å². The molecule has 4 atom stereocenters. The lowest BCUT2D eigenvalue weighted by atomic mass is 10.1. The second kappa shape index (κ2) is 6.04. The van der Waals surface area contributed by atoms with Gasteiger partial charge in [-0.3, -0.25) is 14.3 Å². The molecule has 11 heteroatoms. The van der Waals surface area contributed by atoms with Gasteiger partial charge >= 0.3 is 5.69 Å². The van der Waals surface area contributed by atoms with Gasteiger partial charge in [0.15, 0.2) is 6.23 Å². The zero-order valence-electron chi connectivity index (χ0n) is 11.8. The Morgan fingerprint density at radius 1 is 1.30 bits per heavy atom. The Kier molecular flexibility index (Phi) is 4.09. The highest BCUT2D eigenvalue weighted by Crippen LogP contribution is 2.28. The lowest BCUT2D eigenvalue weighted by molar-refractivity contribution is -0.0551. The minimum atomic E-state index is -1.42. The summed E-state index contributed by atoms with van der Waals surface area (Å²) in [7, 11) is 0. The van der Waals surface area contributed by atoms with Gasteiger partial charge in [-0.15, -0.1) is 0 Å². The fraction of sp³-hybridized carbons (Fsp3) is 0.500. The van der Waals surface area contributed by atoms with Gasteiger partial charge in [0, 0.05) is 18.2 Å². The zero-order valence-corrected chi connectivity index (χ0v) is 11.8. The van der Waals surface area contributed by atoms with Gasteiger partial charge < -0.3 is 20.1 Å². The standard InChI is InChI=1S/C12H15N5O6/c18-4-7-8(19)9(20)11(23-7)17-3-5(10(21)14-12(17)22)1-6-2-13-16-15-6/h2-3,7-9,11,18-20H,1,4H2,(H,13,15,16)(H,14,21,22)/t7-,8?,9+,11-/m1/s1. The molecule has 5 N–H and O–H groups in total. The van der Waals surface area contributed by atoms with E-state index in [1.807, 2.05) is 0 Å². The molecule has 23 heavy (non-hydrogen) atoms. The van der Waals surface area contributed by atoms with Crippen LogP contribution in [0.2, 0.25) is 0 Å². The number of ether oxygens (including phenoxy) is 1. The fourth-order valence-electron chi connectivity index (χ4n) is 2.46. The molecule has 1 unspecified atom stereocenters. The van der Waals surface area contributed by atoms with E-state index >= 15 is 0 Å². The highest BCUT2D eigenvalue weighted by molar-refractivity contribution is 5.14. The molecule has 1 aliphatic heterocycles. The van der Waals surface area contributed by atoms with Crippen LogP contribution in [0.1, 0.15) is 17.5 Å². The van der Waals surface area contributed by atoms with Gasteiger partial charge in [-0.2, -0.15) is 15.4 Å². The van der Waals surface area contributed by atoms with Crippen LogP contribution in [0.4, 0.5) is 0 Å². The maximum Gasteiger partial charge on any atom is 0.330 e. The maximum atomic E-state index is 12.0. The Hall–Kier alpha value is -2.34. The lowest BCUT2D eigenvalue weighted by Crippen LogP contribution is -2.39. The molecule has 1 aliphatic rings. The molecule has 2 aromatic rings. The summed E-state index contributed by atoms with van der Waals surface area (Å²) in [5.74, 6) is 0. The van der Waals surface area contributed by atoms with E-state index in [1.54, 1.807) is 0 Å². The van der Waals surface area contributed by atoms with E-state index < -0.39 is 42.4 Å². The van der Waals surface area contributed by atoms with E-state index in [0.717, 1.165) is 4.57 Å². The van der Waals surface area contributed by atoms with E-state index in [1.165, 1.54) is 12.4 Å². The second-order valence-corrected chi connectivity index (χ2v) is 5.19. The third-order valence-corrected chi connectivity index (χ3v) is 3.67. The van der Waals surface area contributed by atoms with Crippen molar-refractivity contribution in [1.29, 1.82) is 0 Å². The molecule has 0 spiro atoms. The molecular formula is C12H15N5O6. The number of aromatic nitrogens is 5. The molecule has 3 heterocycles. The fourth-order valence-corrected chi connectivity index (χ4v) is 2.46. The van der Waals surface area contributed by atoms with Gasteiger partial charge in [-0.1, -0.05) is 0 Å². The largest absolute Gasteiger partial charge is 0.394 e. The topological polar surface area (TPSA) is 166 Å². The van der Waals surface area contributed by atoms with Gasteiger partial charge in [0.1, 0.15) is 18.3 Å². The number of H-pyrrole nitrogens is 2. The summed E-state index contributed by atoms with van der Waals surface area (Å²) in [5, 5.41) is 38.7. The number of hydrogen-bond donors (Lipinski definition) is 5.